The second-order valence-corrected chi connectivity index (χ2v) is 4.67. The molecule has 2 aromatic rings. The average molecular weight is 261 g/mol. The van der Waals surface area contributed by atoms with Gasteiger partial charge in [-0.1, -0.05) is 23.7 Å². The molecule has 0 bridgehead atoms. The summed E-state index contributed by atoms with van der Waals surface area (Å²) < 4.78 is 0. The Morgan fingerprint density at radius 1 is 1.00 bits per heavy atom. The van der Waals surface area contributed by atoms with E-state index in [9.17, 15) is 0 Å². The van der Waals surface area contributed by atoms with Gasteiger partial charge in [-0.2, -0.15) is 0 Å². The van der Waals surface area contributed by atoms with Crippen molar-refractivity contribution < 1.29 is 0 Å². The van der Waals surface area contributed by atoms with Gasteiger partial charge in [-0.15, -0.1) is 0 Å². The summed E-state index contributed by atoms with van der Waals surface area (Å²) in [5.74, 6) is 0. The van der Waals surface area contributed by atoms with Gasteiger partial charge in [0.15, 0.2) is 0 Å². The summed E-state index contributed by atoms with van der Waals surface area (Å²) in [7, 11) is 0. The molecule has 0 aliphatic rings. The number of nitrogens with two attached hydrogens (primary N) is 1. The third kappa shape index (κ3) is 3.17. The van der Waals surface area contributed by atoms with Gasteiger partial charge in [0.25, 0.3) is 0 Å². The van der Waals surface area contributed by atoms with Crippen LogP contribution in [0.1, 0.15) is 12.5 Å². The Morgan fingerprint density at radius 2 is 1.61 bits per heavy atom. The third-order valence-electron chi connectivity index (χ3n) is 2.93. The van der Waals surface area contributed by atoms with Crippen molar-refractivity contribution in [3.8, 4) is 0 Å². The molecule has 0 aliphatic carbocycles. The van der Waals surface area contributed by atoms with Crippen LogP contribution < -0.4 is 10.6 Å². The number of hydrogen-bond donors (Lipinski definition) is 1. The molecule has 0 saturated carbocycles. The normalized spacial score (nSPS) is 10.3. The Labute approximate surface area is 113 Å². The van der Waals surface area contributed by atoms with Crippen LogP contribution in [0.25, 0.3) is 0 Å². The standard InChI is InChI=1S/C15H17ClN2/c1-2-18(15-9-7-14(17)8-10-15)11-12-3-5-13(16)6-4-12/h3-10H,2,11,17H2,1H3. The first-order valence-corrected chi connectivity index (χ1v) is 6.42. The van der Waals surface area contributed by atoms with E-state index in [0.717, 1.165) is 23.8 Å². The minimum atomic E-state index is 0.772. The fourth-order valence-corrected chi connectivity index (χ4v) is 2.01. The largest absolute Gasteiger partial charge is 0.399 e. The molecule has 0 atom stereocenters. The van der Waals surface area contributed by atoms with Crippen molar-refractivity contribution in [2.24, 2.45) is 0 Å². The van der Waals surface area contributed by atoms with Gasteiger partial charge >= 0.3 is 0 Å². The molecular weight excluding hydrogens is 244 g/mol. The Kier molecular flexibility index (Phi) is 4.11. The van der Waals surface area contributed by atoms with Gasteiger partial charge < -0.3 is 10.6 Å². The van der Waals surface area contributed by atoms with Gasteiger partial charge in [-0.25, -0.2) is 0 Å². The lowest BCUT2D eigenvalue weighted by atomic mass is 10.2. The minimum absolute atomic E-state index is 0.772. The number of hydrogen-bond acceptors (Lipinski definition) is 2. The molecule has 0 spiro atoms. The summed E-state index contributed by atoms with van der Waals surface area (Å²) in [6.45, 7) is 3.97. The third-order valence-corrected chi connectivity index (χ3v) is 3.18. The van der Waals surface area contributed by atoms with Crippen LogP contribution >= 0.6 is 11.6 Å². The molecule has 0 fully saturated rings. The zero-order valence-electron chi connectivity index (χ0n) is 10.4. The van der Waals surface area contributed by atoms with Crippen molar-refractivity contribution in [1.82, 2.24) is 0 Å². The zero-order chi connectivity index (χ0) is 13.0. The average Bonchev–Trinajstić information content (AvgIpc) is 2.39. The fraction of sp³-hybridized carbons (Fsp3) is 0.200. The lowest BCUT2D eigenvalue weighted by molar-refractivity contribution is 0.832. The molecule has 3 heteroatoms. The Morgan fingerprint density at radius 3 is 2.17 bits per heavy atom. The summed E-state index contributed by atoms with van der Waals surface area (Å²) in [4.78, 5) is 2.29. The van der Waals surface area contributed by atoms with Crippen LogP contribution in [0.2, 0.25) is 5.02 Å². The van der Waals surface area contributed by atoms with Gasteiger partial charge in [0.2, 0.25) is 0 Å². The molecule has 2 rings (SSSR count). The Bertz CT molecular complexity index is 491. The fourth-order valence-electron chi connectivity index (χ4n) is 1.88. The van der Waals surface area contributed by atoms with Crippen molar-refractivity contribution in [3.63, 3.8) is 0 Å². The molecule has 18 heavy (non-hydrogen) atoms. The summed E-state index contributed by atoms with van der Waals surface area (Å²) in [5, 5.41) is 0.772. The first-order valence-electron chi connectivity index (χ1n) is 6.04. The van der Waals surface area contributed by atoms with E-state index in [1.54, 1.807) is 0 Å². The van der Waals surface area contributed by atoms with Gasteiger partial charge in [0.1, 0.15) is 0 Å². The van der Waals surface area contributed by atoms with E-state index in [1.165, 1.54) is 11.3 Å². The maximum absolute atomic E-state index is 5.89. The molecule has 0 amide bonds. The van der Waals surface area contributed by atoms with E-state index in [-0.39, 0.29) is 0 Å². The first kappa shape index (κ1) is 12.8. The van der Waals surface area contributed by atoms with Gasteiger partial charge in [0, 0.05) is 29.5 Å². The van der Waals surface area contributed by atoms with Crippen LogP contribution in [-0.4, -0.2) is 6.54 Å². The number of nitrogens with zero attached hydrogens (tertiary/aromatic N) is 1. The van der Waals surface area contributed by atoms with E-state index >= 15 is 0 Å². The van der Waals surface area contributed by atoms with E-state index in [1.807, 2.05) is 24.3 Å². The molecular formula is C15H17ClN2. The second kappa shape index (κ2) is 5.78. The van der Waals surface area contributed by atoms with Crippen LogP contribution in [0.3, 0.4) is 0 Å². The SMILES string of the molecule is CCN(Cc1ccc(Cl)cc1)c1ccc(N)cc1. The number of nitrogen functional groups attached to an aromatic ring is 1. The van der Waals surface area contributed by atoms with Crippen molar-refractivity contribution in [1.29, 1.82) is 0 Å². The molecule has 2 aromatic carbocycles. The number of benzene rings is 2. The van der Waals surface area contributed by atoms with E-state index < -0.39 is 0 Å². The van der Waals surface area contributed by atoms with E-state index in [4.69, 9.17) is 17.3 Å². The van der Waals surface area contributed by atoms with Crippen LogP contribution in [-0.2, 0) is 6.54 Å². The molecule has 0 radical (unpaired) electrons. The first-order chi connectivity index (χ1) is 8.69. The zero-order valence-corrected chi connectivity index (χ0v) is 11.2. The lowest BCUT2D eigenvalue weighted by Crippen LogP contribution is -2.21. The van der Waals surface area contributed by atoms with Crippen molar-refractivity contribution >= 4 is 23.0 Å². The highest BCUT2D eigenvalue weighted by molar-refractivity contribution is 6.30. The van der Waals surface area contributed by atoms with Gasteiger partial charge in [-0.05, 0) is 48.9 Å². The molecule has 0 saturated heterocycles. The second-order valence-electron chi connectivity index (χ2n) is 4.23. The number of halogens is 1. The summed E-state index contributed by atoms with van der Waals surface area (Å²) in [5.41, 5.74) is 8.93. The smallest absolute Gasteiger partial charge is 0.0429 e. The molecule has 0 heterocycles. The molecule has 0 unspecified atom stereocenters. The van der Waals surface area contributed by atoms with Crippen LogP contribution in [0.4, 0.5) is 11.4 Å². The highest BCUT2D eigenvalue weighted by Crippen LogP contribution is 2.19. The van der Waals surface area contributed by atoms with E-state index in [2.05, 4.69) is 36.1 Å². The summed E-state index contributed by atoms with van der Waals surface area (Å²) in [6.07, 6.45) is 0. The highest BCUT2D eigenvalue weighted by atomic mass is 35.5. The topological polar surface area (TPSA) is 29.3 Å². The molecule has 94 valence electrons. The molecule has 2 N–H and O–H groups in total. The Balaban J connectivity index is 2.14. The Hall–Kier alpha value is -1.67. The number of rotatable bonds is 4. The van der Waals surface area contributed by atoms with Crippen molar-refractivity contribution in [2.45, 2.75) is 13.5 Å². The van der Waals surface area contributed by atoms with Crippen molar-refractivity contribution in [2.75, 3.05) is 17.2 Å². The molecule has 0 aromatic heterocycles. The maximum atomic E-state index is 5.89. The minimum Gasteiger partial charge on any atom is -0.399 e. The van der Waals surface area contributed by atoms with Crippen LogP contribution in [0, 0.1) is 0 Å². The highest BCUT2D eigenvalue weighted by Gasteiger charge is 2.05. The molecule has 0 aliphatic heterocycles. The predicted octanol–water partition coefficient (Wildman–Crippen LogP) is 3.95. The van der Waals surface area contributed by atoms with Crippen molar-refractivity contribution in [3.05, 3.63) is 59.1 Å². The summed E-state index contributed by atoms with van der Waals surface area (Å²) >= 11 is 5.89. The maximum Gasteiger partial charge on any atom is 0.0429 e. The number of anilines is 2. The summed E-state index contributed by atoms with van der Waals surface area (Å²) in [6, 6.07) is 15.9. The monoisotopic (exact) mass is 260 g/mol. The van der Waals surface area contributed by atoms with Crippen LogP contribution in [0.5, 0.6) is 0 Å². The van der Waals surface area contributed by atoms with E-state index in [0.29, 0.717) is 0 Å². The van der Waals surface area contributed by atoms with Crippen LogP contribution in [0.15, 0.2) is 48.5 Å². The van der Waals surface area contributed by atoms with Gasteiger partial charge in [-0.3, -0.25) is 0 Å². The molecule has 2 nitrogen and oxygen atoms in total. The quantitative estimate of drug-likeness (QED) is 0.844. The predicted molar refractivity (Wildman–Crippen MR) is 79.0 cm³/mol. The van der Waals surface area contributed by atoms with Gasteiger partial charge in [0.05, 0.1) is 0 Å². The lowest BCUT2D eigenvalue weighted by Gasteiger charge is -2.23.